The van der Waals surface area contributed by atoms with E-state index in [1.807, 2.05) is 0 Å². The monoisotopic (exact) mass is 290 g/mol. The summed E-state index contributed by atoms with van der Waals surface area (Å²) in [6, 6.07) is 5.87. The predicted octanol–water partition coefficient (Wildman–Crippen LogP) is 1.98. The maximum atomic E-state index is 12.2. The van der Waals surface area contributed by atoms with Gasteiger partial charge >= 0.3 is 6.36 Å². The number of hydrogen-bond acceptors (Lipinski definition) is 3. The topological polar surface area (TPSA) is 64.4 Å². The van der Waals surface area contributed by atoms with E-state index in [9.17, 15) is 18.0 Å². The van der Waals surface area contributed by atoms with Gasteiger partial charge in [-0.1, -0.05) is 18.2 Å². The first-order valence-corrected chi connectivity index (χ1v) is 6.23. The van der Waals surface area contributed by atoms with Crippen molar-refractivity contribution in [3.63, 3.8) is 0 Å². The molecule has 0 spiro atoms. The second-order valence-electron chi connectivity index (χ2n) is 4.15. The number of hydrogen-bond donors (Lipinski definition) is 2. The summed E-state index contributed by atoms with van der Waals surface area (Å²) in [5.41, 5.74) is 5.66. The molecule has 0 aliphatic carbocycles. The van der Waals surface area contributed by atoms with Gasteiger partial charge in [-0.2, -0.15) is 0 Å². The van der Waals surface area contributed by atoms with Crippen LogP contribution in [-0.4, -0.2) is 25.4 Å². The van der Waals surface area contributed by atoms with Crippen LogP contribution in [0.1, 0.15) is 18.4 Å². The smallest absolute Gasteiger partial charge is 0.406 e. The van der Waals surface area contributed by atoms with Gasteiger partial charge in [-0.15, -0.1) is 13.2 Å². The Hall–Kier alpha value is -1.76. The van der Waals surface area contributed by atoms with Gasteiger partial charge in [-0.25, -0.2) is 0 Å². The molecule has 0 saturated heterocycles. The van der Waals surface area contributed by atoms with Crippen LogP contribution in [-0.2, 0) is 11.2 Å². The zero-order chi connectivity index (χ0) is 15.0. The van der Waals surface area contributed by atoms with Gasteiger partial charge in [0.15, 0.2) is 0 Å². The van der Waals surface area contributed by atoms with Gasteiger partial charge in [0.2, 0.25) is 5.91 Å². The zero-order valence-corrected chi connectivity index (χ0v) is 10.9. The van der Waals surface area contributed by atoms with E-state index in [0.717, 1.165) is 0 Å². The Balaban J connectivity index is 2.49. The molecule has 0 bridgehead atoms. The molecule has 0 aliphatic heterocycles. The number of para-hydroxylation sites is 1. The molecule has 0 unspecified atom stereocenters. The standard InChI is InChI=1S/C13H17F3N2O2/c14-13(15,16)20-11-5-2-1-4-10(11)7-9-18-12(19)6-3-8-17/h1-2,4-5H,3,6-9,17H2,(H,18,19). The minimum Gasteiger partial charge on any atom is -0.406 e. The van der Waals surface area contributed by atoms with Gasteiger partial charge in [0, 0.05) is 13.0 Å². The quantitative estimate of drug-likeness (QED) is 0.807. The normalized spacial score (nSPS) is 11.2. The van der Waals surface area contributed by atoms with Crippen molar-refractivity contribution in [2.45, 2.75) is 25.6 Å². The van der Waals surface area contributed by atoms with Crippen molar-refractivity contribution >= 4 is 5.91 Å². The molecule has 1 rings (SSSR count). The third-order valence-electron chi connectivity index (χ3n) is 2.52. The lowest BCUT2D eigenvalue weighted by Crippen LogP contribution is -2.26. The van der Waals surface area contributed by atoms with Crippen LogP contribution in [0.5, 0.6) is 5.75 Å². The summed E-state index contributed by atoms with van der Waals surface area (Å²) < 4.78 is 40.5. The molecule has 0 heterocycles. The fourth-order valence-corrected chi connectivity index (χ4v) is 1.62. The van der Waals surface area contributed by atoms with Crippen molar-refractivity contribution in [3.8, 4) is 5.75 Å². The minimum absolute atomic E-state index is 0.162. The van der Waals surface area contributed by atoms with Gasteiger partial charge < -0.3 is 15.8 Å². The molecule has 1 amide bonds. The van der Waals surface area contributed by atoms with Crippen LogP contribution in [0.15, 0.2) is 24.3 Å². The van der Waals surface area contributed by atoms with E-state index in [-0.39, 0.29) is 24.6 Å². The van der Waals surface area contributed by atoms with Crippen LogP contribution in [0, 0.1) is 0 Å². The molecule has 1 aromatic rings. The maximum absolute atomic E-state index is 12.2. The molecule has 0 radical (unpaired) electrons. The summed E-state index contributed by atoms with van der Waals surface area (Å²) in [5.74, 6) is -0.402. The Bertz CT molecular complexity index is 436. The van der Waals surface area contributed by atoms with Gasteiger partial charge in [0.05, 0.1) is 0 Å². The predicted molar refractivity (Wildman–Crippen MR) is 68.1 cm³/mol. The van der Waals surface area contributed by atoms with Crippen LogP contribution < -0.4 is 15.8 Å². The first-order chi connectivity index (χ1) is 9.42. The number of halogens is 3. The van der Waals surface area contributed by atoms with Gasteiger partial charge in [-0.05, 0) is 31.0 Å². The Kier molecular flexibility index (Phi) is 6.30. The Morgan fingerprint density at radius 3 is 2.65 bits per heavy atom. The lowest BCUT2D eigenvalue weighted by molar-refractivity contribution is -0.274. The van der Waals surface area contributed by atoms with E-state index in [2.05, 4.69) is 10.1 Å². The Morgan fingerprint density at radius 2 is 2.00 bits per heavy atom. The van der Waals surface area contributed by atoms with Crippen molar-refractivity contribution < 1.29 is 22.7 Å². The summed E-state index contributed by atoms with van der Waals surface area (Å²) in [6.45, 7) is 0.678. The van der Waals surface area contributed by atoms with Crippen LogP contribution in [0.25, 0.3) is 0 Å². The highest BCUT2D eigenvalue weighted by Gasteiger charge is 2.31. The van der Waals surface area contributed by atoms with Crippen molar-refractivity contribution in [1.82, 2.24) is 5.32 Å². The largest absolute Gasteiger partial charge is 0.573 e. The molecule has 0 aliphatic rings. The van der Waals surface area contributed by atoms with Crippen molar-refractivity contribution in [2.24, 2.45) is 5.73 Å². The number of alkyl halides is 3. The molecule has 0 fully saturated rings. The number of benzene rings is 1. The summed E-state index contributed by atoms with van der Waals surface area (Å²) >= 11 is 0. The van der Waals surface area contributed by atoms with E-state index in [4.69, 9.17) is 5.73 Å². The van der Waals surface area contributed by atoms with Gasteiger partial charge in [-0.3, -0.25) is 4.79 Å². The first kappa shape index (κ1) is 16.3. The van der Waals surface area contributed by atoms with Crippen molar-refractivity contribution in [3.05, 3.63) is 29.8 Å². The molecule has 3 N–H and O–H groups in total. The van der Waals surface area contributed by atoms with E-state index in [1.54, 1.807) is 6.07 Å². The fourth-order valence-electron chi connectivity index (χ4n) is 1.62. The van der Waals surface area contributed by atoms with E-state index in [0.29, 0.717) is 24.9 Å². The summed E-state index contributed by atoms with van der Waals surface area (Å²) in [6.07, 6.45) is -3.56. The highest BCUT2D eigenvalue weighted by atomic mass is 19.4. The number of nitrogens with two attached hydrogens (primary N) is 1. The molecule has 0 atom stereocenters. The van der Waals surface area contributed by atoms with Crippen LogP contribution >= 0.6 is 0 Å². The fraction of sp³-hybridized carbons (Fsp3) is 0.462. The summed E-state index contributed by atoms with van der Waals surface area (Å²) in [5, 5.41) is 2.62. The molecular formula is C13H17F3N2O2. The first-order valence-electron chi connectivity index (χ1n) is 6.23. The average Bonchev–Trinajstić information content (AvgIpc) is 2.36. The second kappa shape index (κ2) is 7.74. The SMILES string of the molecule is NCCCC(=O)NCCc1ccccc1OC(F)(F)F. The minimum atomic E-state index is -4.72. The number of ether oxygens (including phenoxy) is 1. The van der Waals surface area contributed by atoms with E-state index >= 15 is 0 Å². The van der Waals surface area contributed by atoms with E-state index in [1.165, 1.54) is 18.2 Å². The molecule has 4 nitrogen and oxygen atoms in total. The van der Waals surface area contributed by atoms with Gasteiger partial charge in [0.25, 0.3) is 0 Å². The average molecular weight is 290 g/mol. The number of rotatable bonds is 7. The van der Waals surface area contributed by atoms with E-state index < -0.39 is 6.36 Å². The van der Waals surface area contributed by atoms with Crippen molar-refractivity contribution in [1.29, 1.82) is 0 Å². The summed E-state index contributed by atoms with van der Waals surface area (Å²) in [7, 11) is 0. The zero-order valence-electron chi connectivity index (χ0n) is 10.9. The van der Waals surface area contributed by atoms with Crippen LogP contribution in [0.4, 0.5) is 13.2 Å². The molecule has 0 aromatic heterocycles. The third kappa shape index (κ3) is 6.42. The Morgan fingerprint density at radius 1 is 1.30 bits per heavy atom. The number of carbonyl (C=O) groups excluding carboxylic acids is 1. The van der Waals surface area contributed by atoms with Crippen LogP contribution in [0.2, 0.25) is 0 Å². The maximum Gasteiger partial charge on any atom is 0.573 e. The highest BCUT2D eigenvalue weighted by Crippen LogP contribution is 2.26. The molecule has 7 heteroatoms. The third-order valence-corrected chi connectivity index (χ3v) is 2.52. The molecule has 20 heavy (non-hydrogen) atoms. The number of amides is 1. The highest BCUT2D eigenvalue weighted by molar-refractivity contribution is 5.75. The molecule has 0 saturated carbocycles. The lowest BCUT2D eigenvalue weighted by atomic mass is 10.1. The van der Waals surface area contributed by atoms with Crippen LogP contribution in [0.3, 0.4) is 0 Å². The molecule has 112 valence electrons. The lowest BCUT2D eigenvalue weighted by Gasteiger charge is -2.13. The van der Waals surface area contributed by atoms with Crippen molar-refractivity contribution in [2.75, 3.05) is 13.1 Å². The Labute approximate surface area is 115 Å². The second-order valence-corrected chi connectivity index (χ2v) is 4.15. The molecular weight excluding hydrogens is 273 g/mol. The molecule has 1 aromatic carbocycles. The number of nitrogens with one attached hydrogen (secondary N) is 1. The number of carbonyl (C=O) groups is 1. The van der Waals surface area contributed by atoms with Gasteiger partial charge in [0.1, 0.15) is 5.75 Å². The summed E-state index contributed by atoms with van der Waals surface area (Å²) in [4.78, 5) is 11.3.